The van der Waals surface area contributed by atoms with Gasteiger partial charge in [0.05, 0.1) is 12.2 Å². The molecule has 2 aromatic rings. The van der Waals surface area contributed by atoms with E-state index in [1.807, 2.05) is 48.5 Å². The molecule has 0 spiro atoms. The number of hydrogen-bond donors (Lipinski definition) is 0. The van der Waals surface area contributed by atoms with Gasteiger partial charge in [-0.3, -0.25) is 4.98 Å². The fourth-order valence-corrected chi connectivity index (χ4v) is 3.16. The van der Waals surface area contributed by atoms with Gasteiger partial charge >= 0.3 is 6.09 Å². The third-order valence-electron chi connectivity index (χ3n) is 4.52. The van der Waals surface area contributed by atoms with E-state index in [0.717, 1.165) is 17.7 Å². The molecule has 2 aliphatic rings. The predicted octanol–water partition coefficient (Wildman–Crippen LogP) is 2.72. The molecule has 4 rings (SSSR count). The zero-order chi connectivity index (χ0) is 15.7. The molecule has 0 radical (unpaired) electrons. The first-order valence-corrected chi connectivity index (χ1v) is 7.83. The Morgan fingerprint density at radius 1 is 1.26 bits per heavy atom. The molecule has 0 N–H and O–H groups in total. The third-order valence-corrected chi connectivity index (χ3v) is 4.52. The standard InChI is InChI=1S/C18H18N2O3/c21-17(22-13-14-6-2-1-3-7-14)20-11-9-18(16(12-20)23-18)15-8-4-5-10-19-15/h1-8,10,16H,9,11-13H2/t16-,18+/m0/s1. The molecule has 2 aliphatic heterocycles. The van der Waals surface area contributed by atoms with Gasteiger partial charge in [0.1, 0.15) is 18.3 Å². The summed E-state index contributed by atoms with van der Waals surface area (Å²) < 4.78 is 11.3. The molecule has 2 atom stereocenters. The van der Waals surface area contributed by atoms with Gasteiger partial charge in [0, 0.05) is 19.2 Å². The third kappa shape index (κ3) is 2.68. The molecule has 5 nitrogen and oxygen atoms in total. The fourth-order valence-electron chi connectivity index (χ4n) is 3.16. The number of epoxide rings is 1. The number of amides is 1. The van der Waals surface area contributed by atoms with Crippen molar-refractivity contribution in [3.8, 4) is 0 Å². The van der Waals surface area contributed by atoms with Crippen LogP contribution in [0.3, 0.4) is 0 Å². The number of nitrogens with zero attached hydrogens (tertiary/aromatic N) is 2. The molecule has 0 unspecified atom stereocenters. The monoisotopic (exact) mass is 310 g/mol. The van der Waals surface area contributed by atoms with Gasteiger partial charge < -0.3 is 14.4 Å². The summed E-state index contributed by atoms with van der Waals surface area (Å²) >= 11 is 0. The van der Waals surface area contributed by atoms with E-state index < -0.39 is 0 Å². The lowest BCUT2D eigenvalue weighted by Crippen LogP contribution is -2.42. The molecular formula is C18H18N2O3. The van der Waals surface area contributed by atoms with Crippen LogP contribution >= 0.6 is 0 Å². The first-order chi connectivity index (χ1) is 11.3. The summed E-state index contributed by atoms with van der Waals surface area (Å²) in [7, 11) is 0. The Morgan fingerprint density at radius 2 is 2.09 bits per heavy atom. The molecule has 1 amide bonds. The van der Waals surface area contributed by atoms with Gasteiger partial charge in [-0.15, -0.1) is 0 Å². The fraction of sp³-hybridized carbons (Fsp3) is 0.333. The van der Waals surface area contributed by atoms with E-state index in [-0.39, 0.29) is 17.8 Å². The number of rotatable bonds is 3. The van der Waals surface area contributed by atoms with Crippen molar-refractivity contribution in [2.24, 2.45) is 0 Å². The first-order valence-electron chi connectivity index (χ1n) is 7.83. The van der Waals surface area contributed by atoms with Crippen molar-refractivity contribution in [3.05, 3.63) is 66.0 Å². The molecule has 3 heterocycles. The maximum atomic E-state index is 12.2. The van der Waals surface area contributed by atoms with Crippen molar-refractivity contribution >= 4 is 6.09 Å². The molecule has 1 aromatic heterocycles. The van der Waals surface area contributed by atoms with E-state index in [0.29, 0.717) is 19.7 Å². The quantitative estimate of drug-likeness (QED) is 0.818. The SMILES string of the molecule is O=C(OCc1ccccc1)N1CC[C@]2(c3ccccn3)O[C@H]2C1. The number of ether oxygens (including phenoxy) is 2. The summed E-state index contributed by atoms with van der Waals surface area (Å²) in [6, 6.07) is 15.6. The van der Waals surface area contributed by atoms with Crippen molar-refractivity contribution in [2.45, 2.75) is 24.7 Å². The highest BCUT2D eigenvalue weighted by atomic mass is 16.6. The van der Waals surface area contributed by atoms with Crippen LogP contribution in [0.1, 0.15) is 17.7 Å². The Labute approximate surface area is 134 Å². The minimum atomic E-state index is -0.294. The summed E-state index contributed by atoms with van der Waals surface area (Å²) in [5, 5.41) is 0. The molecule has 1 aromatic carbocycles. The van der Waals surface area contributed by atoms with Gasteiger partial charge in [-0.25, -0.2) is 4.79 Å². The largest absolute Gasteiger partial charge is 0.445 e. The molecule has 0 bridgehead atoms. The lowest BCUT2D eigenvalue weighted by molar-refractivity contribution is 0.0894. The number of fused-ring (bicyclic) bond motifs is 1. The number of pyridine rings is 1. The minimum Gasteiger partial charge on any atom is -0.445 e. The topological polar surface area (TPSA) is 55.0 Å². The van der Waals surface area contributed by atoms with Crippen LogP contribution in [0.2, 0.25) is 0 Å². The van der Waals surface area contributed by atoms with Gasteiger partial charge in [-0.2, -0.15) is 0 Å². The summed E-state index contributed by atoms with van der Waals surface area (Å²) in [4.78, 5) is 18.3. The Kier molecular flexibility index (Phi) is 3.50. The lowest BCUT2D eigenvalue weighted by atomic mass is 9.93. The average molecular weight is 310 g/mol. The predicted molar refractivity (Wildman–Crippen MR) is 83.6 cm³/mol. The van der Waals surface area contributed by atoms with E-state index >= 15 is 0 Å². The second-order valence-corrected chi connectivity index (χ2v) is 5.95. The van der Waals surface area contributed by atoms with E-state index in [9.17, 15) is 4.79 Å². The first kappa shape index (κ1) is 14.2. The molecule has 23 heavy (non-hydrogen) atoms. The van der Waals surface area contributed by atoms with Crippen LogP contribution in [-0.2, 0) is 21.7 Å². The number of aromatic nitrogens is 1. The Morgan fingerprint density at radius 3 is 2.83 bits per heavy atom. The van der Waals surface area contributed by atoms with E-state index in [1.54, 1.807) is 11.1 Å². The molecule has 2 saturated heterocycles. The highest BCUT2D eigenvalue weighted by Crippen LogP contribution is 2.51. The Bertz CT molecular complexity index is 692. The van der Waals surface area contributed by atoms with Crippen LogP contribution in [0.15, 0.2) is 54.7 Å². The van der Waals surface area contributed by atoms with Gasteiger partial charge in [0.25, 0.3) is 0 Å². The second kappa shape index (κ2) is 5.66. The summed E-state index contributed by atoms with van der Waals surface area (Å²) in [5.41, 5.74) is 1.66. The normalized spacial score (nSPS) is 25.6. The van der Waals surface area contributed by atoms with Crippen molar-refractivity contribution in [1.82, 2.24) is 9.88 Å². The number of carbonyl (C=O) groups is 1. The molecule has 5 heteroatoms. The van der Waals surface area contributed by atoms with Crippen LogP contribution < -0.4 is 0 Å². The van der Waals surface area contributed by atoms with E-state index in [1.165, 1.54) is 0 Å². The minimum absolute atomic E-state index is 0.0235. The summed E-state index contributed by atoms with van der Waals surface area (Å²) in [6.07, 6.45) is 2.28. The van der Waals surface area contributed by atoms with Gasteiger partial charge in [0.2, 0.25) is 0 Å². The number of piperidine rings is 1. The second-order valence-electron chi connectivity index (χ2n) is 5.95. The van der Waals surface area contributed by atoms with Crippen LogP contribution in [-0.4, -0.2) is 35.2 Å². The number of carbonyl (C=O) groups excluding carboxylic acids is 1. The van der Waals surface area contributed by atoms with E-state index in [4.69, 9.17) is 9.47 Å². The van der Waals surface area contributed by atoms with Crippen molar-refractivity contribution in [1.29, 1.82) is 0 Å². The number of benzene rings is 1. The maximum Gasteiger partial charge on any atom is 0.410 e. The van der Waals surface area contributed by atoms with Gasteiger partial charge in [0.15, 0.2) is 0 Å². The lowest BCUT2D eigenvalue weighted by Gasteiger charge is -2.27. The van der Waals surface area contributed by atoms with Crippen LogP contribution in [0.4, 0.5) is 4.79 Å². The summed E-state index contributed by atoms with van der Waals surface area (Å²) in [5.74, 6) is 0. The molecular weight excluding hydrogens is 292 g/mol. The van der Waals surface area contributed by atoms with Crippen molar-refractivity contribution < 1.29 is 14.3 Å². The van der Waals surface area contributed by atoms with Crippen molar-refractivity contribution in [2.75, 3.05) is 13.1 Å². The zero-order valence-electron chi connectivity index (χ0n) is 12.7. The van der Waals surface area contributed by atoms with E-state index in [2.05, 4.69) is 4.98 Å². The van der Waals surface area contributed by atoms with Gasteiger partial charge in [-0.05, 0) is 17.7 Å². The maximum absolute atomic E-state index is 12.2. The molecule has 2 fully saturated rings. The number of likely N-dealkylation sites (tertiary alicyclic amines) is 1. The van der Waals surface area contributed by atoms with Crippen LogP contribution in [0.5, 0.6) is 0 Å². The molecule has 0 saturated carbocycles. The number of hydrogen-bond acceptors (Lipinski definition) is 4. The highest BCUT2D eigenvalue weighted by Gasteiger charge is 2.61. The van der Waals surface area contributed by atoms with Crippen LogP contribution in [0.25, 0.3) is 0 Å². The zero-order valence-corrected chi connectivity index (χ0v) is 12.7. The molecule has 0 aliphatic carbocycles. The smallest absolute Gasteiger partial charge is 0.410 e. The molecule has 118 valence electrons. The van der Waals surface area contributed by atoms with Crippen molar-refractivity contribution in [3.63, 3.8) is 0 Å². The Balaban J connectivity index is 1.34. The average Bonchev–Trinajstić information content (AvgIpc) is 3.36. The Hall–Kier alpha value is -2.40. The highest BCUT2D eigenvalue weighted by molar-refractivity contribution is 5.68. The van der Waals surface area contributed by atoms with Gasteiger partial charge in [-0.1, -0.05) is 36.4 Å². The van der Waals surface area contributed by atoms with Crippen LogP contribution in [0, 0.1) is 0 Å². The summed E-state index contributed by atoms with van der Waals surface area (Å²) in [6.45, 7) is 1.48.